The Morgan fingerprint density at radius 1 is 0.697 bits per heavy atom. The summed E-state index contributed by atoms with van der Waals surface area (Å²) in [6, 6.07) is 8.04. The third-order valence-electron chi connectivity index (χ3n) is 3.98. The number of carbonyl (C=O) groups excluding carboxylic acids is 2. The number of hydrogen-bond donors (Lipinski definition) is 7. The number of phenolic OH excluding ortho intramolecular Hbond substituents is 4. The van der Waals surface area contributed by atoms with Crippen LogP contribution in [0.4, 0.5) is 17.8 Å². The van der Waals surface area contributed by atoms with Crippen molar-refractivity contribution in [2.24, 2.45) is 0 Å². The van der Waals surface area contributed by atoms with Gasteiger partial charge in [0.25, 0.3) is 11.8 Å². The van der Waals surface area contributed by atoms with Crippen LogP contribution in [0.5, 0.6) is 23.0 Å². The zero-order valence-corrected chi connectivity index (χ0v) is 16.8. The molecule has 2 amide bonds. The molecule has 1 heterocycles. The Balaban J connectivity index is 1.64. The van der Waals surface area contributed by atoms with Crippen LogP contribution in [0.1, 0.15) is 11.1 Å². The lowest BCUT2D eigenvalue weighted by Crippen LogP contribution is -2.16. The highest BCUT2D eigenvalue weighted by molar-refractivity contribution is 6.02. The maximum Gasteiger partial charge on any atom is 0.250 e. The van der Waals surface area contributed by atoms with Gasteiger partial charge in [-0.25, -0.2) is 0 Å². The van der Waals surface area contributed by atoms with Crippen LogP contribution in [0.25, 0.3) is 12.2 Å². The number of rotatable bonds is 6. The van der Waals surface area contributed by atoms with Crippen LogP contribution in [0.2, 0.25) is 0 Å². The van der Waals surface area contributed by atoms with Gasteiger partial charge in [0.1, 0.15) is 0 Å². The summed E-state index contributed by atoms with van der Waals surface area (Å²) in [7, 11) is 0. The van der Waals surface area contributed by atoms with Crippen molar-refractivity contribution >= 4 is 41.8 Å². The van der Waals surface area contributed by atoms with Gasteiger partial charge < -0.3 is 26.2 Å². The Morgan fingerprint density at radius 3 is 1.52 bits per heavy atom. The largest absolute Gasteiger partial charge is 0.504 e. The third-order valence-corrected chi connectivity index (χ3v) is 3.98. The number of benzene rings is 2. The minimum absolute atomic E-state index is 0.214. The molecule has 12 nitrogen and oxygen atoms in total. The summed E-state index contributed by atoms with van der Waals surface area (Å²) in [6.45, 7) is 0. The number of phenols is 4. The minimum atomic E-state index is -0.627. The topological polar surface area (TPSA) is 204 Å². The molecule has 0 radical (unpaired) electrons. The molecule has 0 saturated heterocycles. The predicted octanol–water partition coefficient (Wildman–Crippen LogP) is 1.58. The van der Waals surface area contributed by atoms with E-state index in [9.17, 15) is 30.0 Å². The molecule has 0 aliphatic heterocycles. The fraction of sp³-hybridized carbons (Fsp3) is 0. The highest BCUT2D eigenvalue weighted by atomic mass is 16.3. The minimum Gasteiger partial charge on any atom is -0.504 e. The number of aromatic nitrogens is 3. The number of nitrogen functional groups attached to an aromatic ring is 1. The first-order chi connectivity index (χ1) is 15.7. The number of nitrogens with one attached hydrogen (secondary N) is 2. The van der Waals surface area contributed by atoms with Gasteiger partial charge in [-0.2, -0.15) is 15.0 Å². The van der Waals surface area contributed by atoms with Crippen LogP contribution >= 0.6 is 0 Å². The lowest BCUT2D eigenvalue weighted by Gasteiger charge is -2.05. The molecular formula is C21H18N6O6. The fourth-order valence-electron chi connectivity index (χ4n) is 2.44. The maximum absolute atomic E-state index is 12.1. The number of amides is 2. The Labute approximate surface area is 186 Å². The quantitative estimate of drug-likeness (QED) is 0.213. The normalized spacial score (nSPS) is 11.0. The van der Waals surface area contributed by atoms with Gasteiger partial charge in [-0.15, -0.1) is 0 Å². The van der Waals surface area contributed by atoms with Crippen LogP contribution in [-0.4, -0.2) is 47.2 Å². The summed E-state index contributed by atoms with van der Waals surface area (Å²) in [4.78, 5) is 35.6. The van der Waals surface area contributed by atoms with E-state index in [2.05, 4.69) is 25.6 Å². The van der Waals surface area contributed by atoms with E-state index in [1.165, 1.54) is 48.6 Å². The van der Waals surface area contributed by atoms with Crippen molar-refractivity contribution in [3.8, 4) is 23.0 Å². The zero-order valence-electron chi connectivity index (χ0n) is 16.8. The summed E-state index contributed by atoms with van der Waals surface area (Å²) < 4.78 is 0. The molecule has 168 valence electrons. The van der Waals surface area contributed by atoms with Crippen molar-refractivity contribution in [1.82, 2.24) is 15.0 Å². The molecule has 0 aliphatic rings. The van der Waals surface area contributed by atoms with E-state index in [0.717, 1.165) is 12.2 Å². The summed E-state index contributed by atoms with van der Waals surface area (Å²) >= 11 is 0. The molecule has 12 heteroatoms. The van der Waals surface area contributed by atoms with Crippen molar-refractivity contribution in [3.63, 3.8) is 0 Å². The molecule has 33 heavy (non-hydrogen) atoms. The Hall–Kier alpha value is -5.13. The Bertz CT molecular complexity index is 1180. The van der Waals surface area contributed by atoms with Crippen LogP contribution in [0, 0.1) is 0 Å². The van der Waals surface area contributed by atoms with Crippen LogP contribution in [0.3, 0.4) is 0 Å². The highest BCUT2D eigenvalue weighted by Gasteiger charge is 2.09. The molecule has 0 aliphatic carbocycles. The van der Waals surface area contributed by atoms with E-state index in [4.69, 9.17) is 5.73 Å². The SMILES string of the molecule is Nc1nc(NC(=O)/C=C/c2ccc(O)c(O)c2)nc(NC(=O)/C=C/c2ccc(O)c(O)c2)n1. The standard InChI is InChI=1S/C21H18N6O6/c22-19-25-20(23-17(32)7-3-11-1-5-13(28)15(30)9-11)27-21(26-19)24-18(33)8-4-12-2-6-14(29)16(31)10-12/h1-10,28-31H,(H4,22,23,24,25,26,27,32,33)/b7-3+,8-4+. The van der Waals surface area contributed by atoms with Crippen molar-refractivity contribution in [1.29, 1.82) is 0 Å². The average Bonchev–Trinajstić information content (AvgIpc) is 2.75. The van der Waals surface area contributed by atoms with Crippen molar-refractivity contribution in [2.45, 2.75) is 0 Å². The number of aromatic hydroxyl groups is 4. The number of nitrogens with two attached hydrogens (primary N) is 1. The summed E-state index contributed by atoms with van der Waals surface area (Å²) in [5.74, 6) is -3.18. The number of nitrogens with zero attached hydrogens (tertiary/aromatic N) is 3. The van der Waals surface area contributed by atoms with E-state index in [-0.39, 0.29) is 40.8 Å². The smallest absolute Gasteiger partial charge is 0.250 e. The lowest BCUT2D eigenvalue weighted by atomic mass is 10.2. The average molecular weight is 450 g/mol. The second-order valence-electron chi connectivity index (χ2n) is 6.48. The first kappa shape index (κ1) is 22.6. The summed E-state index contributed by atoms with van der Waals surface area (Å²) in [5.41, 5.74) is 6.51. The molecule has 2 aromatic carbocycles. The summed E-state index contributed by atoms with van der Waals surface area (Å²) in [6.07, 6.45) is 5.04. The Morgan fingerprint density at radius 2 is 1.12 bits per heavy atom. The molecule has 0 bridgehead atoms. The molecule has 3 aromatic rings. The van der Waals surface area contributed by atoms with Gasteiger partial charge in [0.05, 0.1) is 0 Å². The zero-order chi connectivity index (χ0) is 24.0. The molecule has 1 aromatic heterocycles. The van der Waals surface area contributed by atoms with Gasteiger partial charge in [-0.1, -0.05) is 12.1 Å². The molecule has 0 atom stereocenters. The van der Waals surface area contributed by atoms with Gasteiger partial charge in [0.15, 0.2) is 23.0 Å². The monoisotopic (exact) mass is 450 g/mol. The second-order valence-corrected chi connectivity index (χ2v) is 6.48. The van der Waals surface area contributed by atoms with E-state index < -0.39 is 11.8 Å². The lowest BCUT2D eigenvalue weighted by molar-refractivity contribution is -0.112. The van der Waals surface area contributed by atoms with Crippen molar-refractivity contribution < 1.29 is 30.0 Å². The van der Waals surface area contributed by atoms with Crippen molar-refractivity contribution in [3.05, 3.63) is 59.7 Å². The highest BCUT2D eigenvalue weighted by Crippen LogP contribution is 2.26. The van der Waals surface area contributed by atoms with Crippen molar-refractivity contribution in [2.75, 3.05) is 16.4 Å². The van der Waals surface area contributed by atoms with Gasteiger partial charge >= 0.3 is 0 Å². The van der Waals surface area contributed by atoms with Gasteiger partial charge in [-0.05, 0) is 47.5 Å². The first-order valence-corrected chi connectivity index (χ1v) is 9.23. The molecular weight excluding hydrogens is 432 g/mol. The number of hydrogen-bond acceptors (Lipinski definition) is 10. The van der Waals surface area contributed by atoms with Gasteiger partial charge in [0.2, 0.25) is 17.8 Å². The number of anilines is 3. The van der Waals surface area contributed by atoms with Crippen LogP contribution in [0.15, 0.2) is 48.6 Å². The van der Waals surface area contributed by atoms with E-state index in [1.807, 2.05) is 0 Å². The first-order valence-electron chi connectivity index (χ1n) is 9.23. The molecule has 3 rings (SSSR count). The molecule has 0 fully saturated rings. The van der Waals surface area contributed by atoms with Crippen LogP contribution < -0.4 is 16.4 Å². The number of carbonyl (C=O) groups is 2. The van der Waals surface area contributed by atoms with E-state index in [1.54, 1.807) is 0 Å². The second kappa shape index (κ2) is 9.78. The molecule has 0 spiro atoms. The maximum atomic E-state index is 12.1. The van der Waals surface area contributed by atoms with E-state index >= 15 is 0 Å². The van der Waals surface area contributed by atoms with Gasteiger partial charge in [-0.3, -0.25) is 20.2 Å². The molecule has 0 saturated carbocycles. The summed E-state index contributed by atoms with van der Waals surface area (Å²) in [5, 5.41) is 42.3. The third kappa shape index (κ3) is 6.42. The Kier molecular flexibility index (Phi) is 6.69. The molecule has 8 N–H and O–H groups in total. The van der Waals surface area contributed by atoms with Gasteiger partial charge in [0, 0.05) is 12.2 Å². The predicted molar refractivity (Wildman–Crippen MR) is 119 cm³/mol. The van der Waals surface area contributed by atoms with Crippen LogP contribution in [-0.2, 0) is 9.59 Å². The molecule has 0 unspecified atom stereocenters. The van der Waals surface area contributed by atoms with E-state index in [0.29, 0.717) is 11.1 Å². The fourth-order valence-corrected chi connectivity index (χ4v) is 2.44.